The molecule has 0 saturated carbocycles. The van der Waals surface area contributed by atoms with E-state index in [1.165, 1.54) is 18.2 Å². The first kappa shape index (κ1) is 17.0. The molecule has 5 nitrogen and oxygen atoms in total. The fourth-order valence-electron chi connectivity index (χ4n) is 2.38. The first-order valence-electron chi connectivity index (χ1n) is 7.11. The van der Waals surface area contributed by atoms with Gasteiger partial charge < -0.3 is 5.32 Å². The average Bonchev–Trinajstić information content (AvgIpc) is 2.49. The van der Waals surface area contributed by atoms with Gasteiger partial charge in [0.2, 0.25) is 0 Å². The highest BCUT2D eigenvalue weighted by Gasteiger charge is 2.18. The Hall–Kier alpha value is -2.40. The number of carbonyl (C=O) groups is 1. The van der Waals surface area contributed by atoms with E-state index in [1.54, 1.807) is 0 Å². The summed E-state index contributed by atoms with van der Waals surface area (Å²) in [4.78, 5) is 22.6. The Kier molecular flexibility index (Phi) is 5.01. The SMILES string of the molecule is Cc1ccc(C)c(C(C)NC(=O)c2ccc(Cl)c([N+](=O)[O-])c2)c1. The minimum atomic E-state index is -0.604. The predicted molar refractivity (Wildman–Crippen MR) is 89.9 cm³/mol. The van der Waals surface area contributed by atoms with Gasteiger partial charge in [-0.05, 0) is 44.0 Å². The Bertz CT molecular complexity index is 774. The molecule has 0 heterocycles. The maximum Gasteiger partial charge on any atom is 0.288 e. The van der Waals surface area contributed by atoms with Crippen molar-refractivity contribution >= 4 is 23.2 Å². The third-order valence-corrected chi connectivity index (χ3v) is 3.97. The third kappa shape index (κ3) is 3.87. The van der Waals surface area contributed by atoms with Crippen molar-refractivity contribution < 1.29 is 9.72 Å². The van der Waals surface area contributed by atoms with Crippen LogP contribution < -0.4 is 5.32 Å². The topological polar surface area (TPSA) is 72.2 Å². The number of nitro groups is 1. The van der Waals surface area contributed by atoms with Gasteiger partial charge in [-0.25, -0.2) is 0 Å². The maximum absolute atomic E-state index is 12.3. The van der Waals surface area contributed by atoms with Gasteiger partial charge in [0.25, 0.3) is 11.6 Å². The first-order chi connectivity index (χ1) is 10.8. The van der Waals surface area contributed by atoms with Crippen LogP contribution in [0.1, 0.15) is 40.0 Å². The summed E-state index contributed by atoms with van der Waals surface area (Å²) in [5, 5.41) is 13.8. The molecule has 1 unspecified atom stereocenters. The van der Waals surface area contributed by atoms with E-state index in [4.69, 9.17) is 11.6 Å². The molecule has 120 valence electrons. The first-order valence-corrected chi connectivity index (χ1v) is 7.49. The quantitative estimate of drug-likeness (QED) is 0.668. The molecule has 2 rings (SSSR count). The molecule has 0 aliphatic rings. The highest BCUT2D eigenvalue weighted by molar-refractivity contribution is 6.32. The molecule has 1 N–H and O–H groups in total. The molecule has 0 aliphatic carbocycles. The number of nitrogens with zero attached hydrogens (tertiary/aromatic N) is 1. The van der Waals surface area contributed by atoms with Gasteiger partial charge in [0.1, 0.15) is 5.02 Å². The Morgan fingerprint density at radius 2 is 1.91 bits per heavy atom. The van der Waals surface area contributed by atoms with Crippen LogP contribution in [0.15, 0.2) is 36.4 Å². The molecule has 23 heavy (non-hydrogen) atoms. The van der Waals surface area contributed by atoms with Gasteiger partial charge in [0.15, 0.2) is 0 Å². The van der Waals surface area contributed by atoms with Crippen LogP contribution in [0.4, 0.5) is 5.69 Å². The second-order valence-electron chi connectivity index (χ2n) is 5.48. The van der Waals surface area contributed by atoms with Crippen LogP contribution in [-0.4, -0.2) is 10.8 Å². The minimum absolute atomic E-state index is 0.00845. The monoisotopic (exact) mass is 332 g/mol. The summed E-state index contributed by atoms with van der Waals surface area (Å²) in [6, 6.07) is 9.84. The summed E-state index contributed by atoms with van der Waals surface area (Å²) in [5.74, 6) is -0.377. The molecular weight excluding hydrogens is 316 g/mol. The molecular formula is C17H17ClN2O3. The van der Waals surface area contributed by atoms with E-state index < -0.39 is 4.92 Å². The number of nitrogens with one attached hydrogen (secondary N) is 1. The number of aryl methyl sites for hydroxylation is 2. The van der Waals surface area contributed by atoms with E-state index in [0.717, 1.165) is 16.7 Å². The lowest BCUT2D eigenvalue weighted by Crippen LogP contribution is -2.27. The number of hydrogen-bond acceptors (Lipinski definition) is 3. The zero-order chi connectivity index (χ0) is 17.1. The summed E-state index contributed by atoms with van der Waals surface area (Å²) < 4.78 is 0. The molecule has 0 fully saturated rings. The number of nitro benzene ring substituents is 1. The van der Waals surface area contributed by atoms with Gasteiger partial charge in [-0.15, -0.1) is 0 Å². The molecule has 2 aromatic carbocycles. The Balaban J connectivity index is 2.23. The van der Waals surface area contributed by atoms with Crippen LogP contribution in [0, 0.1) is 24.0 Å². The molecule has 0 bridgehead atoms. The number of rotatable bonds is 4. The van der Waals surface area contributed by atoms with Gasteiger partial charge >= 0.3 is 0 Å². The fraction of sp³-hybridized carbons (Fsp3) is 0.235. The normalized spacial score (nSPS) is 11.8. The predicted octanol–water partition coefficient (Wildman–Crippen LogP) is 4.36. The Labute approximate surface area is 139 Å². The van der Waals surface area contributed by atoms with Gasteiger partial charge in [0.05, 0.1) is 11.0 Å². The summed E-state index contributed by atoms with van der Waals surface area (Å²) in [7, 11) is 0. The van der Waals surface area contributed by atoms with Gasteiger partial charge in [-0.1, -0.05) is 35.4 Å². The standard InChI is InChI=1S/C17H17ClN2O3/c1-10-4-5-11(2)14(8-10)12(3)19-17(21)13-6-7-15(18)16(9-13)20(22)23/h4-9,12H,1-3H3,(H,19,21). The largest absolute Gasteiger partial charge is 0.346 e. The minimum Gasteiger partial charge on any atom is -0.346 e. The van der Waals surface area contributed by atoms with Gasteiger partial charge in [-0.2, -0.15) is 0 Å². The molecule has 2 aromatic rings. The van der Waals surface area contributed by atoms with E-state index in [2.05, 4.69) is 5.32 Å². The molecule has 6 heteroatoms. The van der Waals surface area contributed by atoms with Crippen molar-refractivity contribution in [2.24, 2.45) is 0 Å². The molecule has 0 saturated heterocycles. The highest BCUT2D eigenvalue weighted by Crippen LogP contribution is 2.25. The van der Waals surface area contributed by atoms with Gasteiger partial charge in [0, 0.05) is 11.6 Å². The zero-order valence-electron chi connectivity index (χ0n) is 13.1. The van der Waals surface area contributed by atoms with Crippen molar-refractivity contribution in [3.8, 4) is 0 Å². The van der Waals surface area contributed by atoms with Crippen LogP contribution >= 0.6 is 11.6 Å². The number of amides is 1. The van der Waals surface area contributed by atoms with Crippen LogP contribution in [0.25, 0.3) is 0 Å². The van der Waals surface area contributed by atoms with Crippen molar-refractivity contribution in [2.75, 3.05) is 0 Å². The molecule has 1 amide bonds. The molecule has 0 aliphatic heterocycles. The molecule has 1 atom stereocenters. The van der Waals surface area contributed by atoms with Crippen LogP contribution in [0.5, 0.6) is 0 Å². The summed E-state index contributed by atoms with van der Waals surface area (Å²) in [5.41, 5.74) is 3.12. The Morgan fingerprint density at radius 1 is 1.22 bits per heavy atom. The van der Waals surface area contributed by atoms with Crippen molar-refractivity contribution in [3.63, 3.8) is 0 Å². The van der Waals surface area contributed by atoms with E-state index in [-0.39, 0.29) is 28.2 Å². The zero-order valence-corrected chi connectivity index (χ0v) is 13.8. The Morgan fingerprint density at radius 3 is 2.57 bits per heavy atom. The maximum atomic E-state index is 12.3. The second kappa shape index (κ2) is 6.79. The summed E-state index contributed by atoms with van der Waals surface area (Å²) >= 11 is 5.76. The number of carbonyl (C=O) groups excluding carboxylic acids is 1. The lowest BCUT2D eigenvalue weighted by atomic mass is 9.99. The smallest absolute Gasteiger partial charge is 0.288 e. The van der Waals surface area contributed by atoms with Crippen LogP contribution in [-0.2, 0) is 0 Å². The van der Waals surface area contributed by atoms with Crippen molar-refractivity contribution in [3.05, 3.63) is 73.8 Å². The highest BCUT2D eigenvalue weighted by atomic mass is 35.5. The molecule has 0 aromatic heterocycles. The van der Waals surface area contributed by atoms with Crippen molar-refractivity contribution in [1.29, 1.82) is 0 Å². The second-order valence-corrected chi connectivity index (χ2v) is 5.89. The molecule has 0 spiro atoms. The summed E-state index contributed by atoms with van der Waals surface area (Å²) in [6.07, 6.45) is 0. The summed E-state index contributed by atoms with van der Waals surface area (Å²) in [6.45, 7) is 5.84. The van der Waals surface area contributed by atoms with Crippen LogP contribution in [0.2, 0.25) is 5.02 Å². The lowest BCUT2D eigenvalue weighted by molar-refractivity contribution is -0.384. The van der Waals surface area contributed by atoms with E-state index in [0.29, 0.717) is 0 Å². The van der Waals surface area contributed by atoms with Crippen molar-refractivity contribution in [2.45, 2.75) is 26.8 Å². The third-order valence-electron chi connectivity index (χ3n) is 3.65. The average molecular weight is 333 g/mol. The number of benzene rings is 2. The van der Waals surface area contributed by atoms with E-state index in [9.17, 15) is 14.9 Å². The van der Waals surface area contributed by atoms with E-state index >= 15 is 0 Å². The number of hydrogen-bond donors (Lipinski definition) is 1. The fourth-order valence-corrected chi connectivity index (χ4v) is 2.56. The van der Waals surface area contributed by atoms with E-state index in [1.807, 2.05) is 39.0 Å². The number of halogens is 1. The van der Waals surface area contributed by atoms with Gasteiger partial charge in [-0.3, -0.25) is 14.9 Å². The van der Waals surface area contributed by atoms with Crippen LogP contribution in [0.3, 0.4) is 0 Å². The van der Waals surface area contributed by atoms with Crippen molar-refractivity contribution in [1.82, 2.24) is 5.32 Å². The lowest BCUT2D eigenvalue weighted by Gasteiger charge is -2.17. The molecule has 0 radical (unpaired) electrons.